The largest absolute Gasteiger partial charge is 0.485 e. The van der Waals surface area contributed by atoms with E-state index in [9.17, 15) is 4.79 Å². The molecule has 0 fully saturated rings. The highest BCUT2D eigenvalue weighted by atomic mass is 16.5. The van der Waals surface area contributed by atoms with Gasteiger partial charge >= 0.3 is 5.63 Å². The van der Waals surface area contributed by atoms with Gasteiger partial charge in [0.25, 0.3) is 0 Å². The Hall–Kier alpha value is -2.88. The molecular weight excluding hydrogens is 290 g/mol. The maximum atomic E-state index is 12.0. The first-order valence-corrected chi connectivity index (χ1v) is 7.48. The fraction of sp³-hybridized carbons (Fsp3) is 0.158. The van der Waals surface area contributed by atoms with Crippen LogP contribution in [0.3, 0.4) is 0 Å². The molecule has 1 aliphatic rings. The minimum atomic E-state index is -0.328. The molecule has 114 valence electrons. The van der Waals surface area contributed by atoms with Crippen LogP contribution in [-0.4, -0.2) is 12.3 Å². The molecule has 0 amide bonds. The first kappa shape index (κ1) is 13.8. The maximum absolute atomic E-state index is 12.0. The predicted molar refractivity (Wildman–Crippen MR) is 90.1 cm³/mol. The van der Waals surface area contributed by atoms with Crippen molar-refractivity contribution in [3.8, 4) is 5.75 Å². The van der Waals surface area contributed by atoms with Gasteiger partial charge in [-0.15, -0.1) is 0 Å². The van der Waals surface area contributed by atoms with Gasteiger partial charge < -0.3 is 9.15 Å². The second kappa shape index (κ2) is 5.09. The van der Waals surface area contributed by atoms with Gasteiger partial charge in [0.1, 0.15) is 18.0 Å². The van der Waals surface area contributed by atoms with Gasteiger partial charge in [0, 0.05) is 10.9 Å². The number of rotatable bonds is 1. The lowest BCUT2D eigenvalue weighted by atomic mass is 10.0. The Bertz CT molecular complexity index is 1000. The van der Waals surface area contributed by atoms with Crippen molar-refractivity contribution < 1.29 is 9.15 Å². The van der Waals surface area contributed by atoms with Gasteiger partial charge in [-0.2, -0.15) is 0 Å². The smallest absolute Gasteiger partial charge is 0.339 e. The lowest BCUT2D eigenvalue weighted by molar-refractivity contribution is 0.372. The SMILES string of the molecule is Cc1c(C)c2ccc3c(c2oc1=O)N=C(c1ccccc1)CO3. The molecule has 23 heavy (non-hydrogen) atoms. The monoisotopic (exact) mass is 305 g/mol. The molecule has 4 heteroatoms. The third-order valence-electron chi connectivity index (χ3n) is 4.28. The lowest BCUT2D eigenvalue weighted by Gasteiger charge is -2.18. The molecule has 0 aliphatic carbocycles. The second-order valence-corrected chi connectivity index (χ2v) is 5.64. The number of hydrogen-bond donors (Lipinski definition) is 0. The van der Waals surface area contributed by atoms with Crippen molar-refractivity contribution in [1.29, 1.82) is 0 Å². The number of fused-ring (bicyclic) bond motifs is 3. The van der Waals surface area contributed by atoms with Crippen LogP contribution < -0.4 is 10.4 Å². The van der Waals surface area contributed by atoms with Crippen molar-refractivity contribution in [2.24, 2.45) is 4.99 Å². The van der Waals surface area contributed by atoms with Gasteiger partial charge in [0.2, 0.25) is 0 Å². The van der Waals surface area contributed by atoms with Gasteiger partial charge in [-0.05, 0) is 37.1 Å². The van der Waals surface area contributed by atoms with E-state index in [2.05, 4.69) is 0 Å². The summed E-state index contributed by atoms with van der Waals surface area (Å²) >= 11 is 0. The summed E-state index contributed by atoms with van der Waals surface area (Å²) in [5.41, 5.74) is 4.12. The highest BCUT2D eigenvalue weighted by Gasteiger charge is 2.20. The van der Waals surface area contributed by atoms with Gasteiger partial charge in [0.05, 0.1) is 5.71 Å². The van der Waals surface area contributed by atoms with Crippen molar-refractivity contribution in [1.82, 2.24) is 0 Å². The number of aryl methyl sites for hydroxylation is 1. The van der Waals surface area contributed by atoms with E-state index < -0.39 is 0 Å². The summed E-state index contributed by atoms with van der Waals surface area (Å²) in [4.78, 5) is 16.7. The van der Waals surface area contributed by atoms with Crippen LogP contribution in [0.25, 0.3) is 11.0 Å². The van der Waals surface area contributed by atoms with Crippen molar-refractivity contribution in [2.75, 3.05) is 6.61 Å². The Morgan fingerprint density at radius 1 is 1.00 bits per heavy atom. The van der Waals surface area contributed by atoms with Crippen LogP contribution in [0.4, 0.5) is 5.69 Å². The van der Waals surface area contributed by atoms with Crippen LogP contribution >= 0.6 is 0 Å². The minimum Gasteiger partial charge on any atom is -0.485 e. The molecule has 4 nitrogen and oxygen atoms in total. The summed E-state index contributed by atoms with van der Waals surface area (Å²) in [7, 11) is 0. The van der Waals surface area contributed by atoms with Crippen LogP contribution in [0, 0.1) is 13.8 Å². The zero-order chi connectivity index (χ0) is 16.0. The van der Waals surface area contributed by atoms with Crippen LogP contribution in [0.15, 0.2) is 56.7 Å². The average molecular weight is 305 g/mol. The summed E-state index contributed by atoms with van der Waals surface area (Å²) < 4.78 is 11.3. The second-order valence-electron chi connectivity index (χ2n) is 5.64. The van der Waals surface area contributed by atoms with Crippen molar-refractivity contribution in [3.63, 3.8) is 0 Å². The molecule has 0 saturated carbocycles. The first-order valence-electron chi connectivity index (χ1n) is 7.48. The Morgan fingerprint density at radius 2 is 1.78 bits per heavy atom. The summed E-state index contributed by atoms with van der Waals surface area (Å²) in [6, 6.07) is 13.7. The molecule has 4 rings (SSSR count). The maximum Gasteiger partial charge on any atom is 0.339 e. The number of benzene rings is 2. The molecule has 0 unspecified atom stereocenters. The predicted octanol–water partition coefficient (Wildman–Crippen LogP) is 3.92. The zero-order valence-electron chi connectivity index (χ0n) is 12.9. The highest BCUT2D eigenvalue weighted by molar-refractivity contribution is 6.07. The molecule has 0 saturated heterocycles. The molecule has 0 atom stereocenters. The average Bonchev–Trinajstić information content (AvgIpc) is 2.60. The molecular formula is C19H15NO3. The highest BCUT2D eigenvalue weighted by Crippen LogP contribution is 2.39. The fourth-order valence-electron chi connectivity index (χ4n) is 2.79. The van der Waals surface area contributed by atoms with Crippen LogP contribution in [0.2, 0.25) is 0 Å². The number of ether oxygens (including phenoxy) is 1. The molecule has 2 aromatic carbocycles. The number of hydrogen-bond acceptors (Lipinski definition) is 4. The third-order valence-corrected chi connectivity index (χ3v) is 4.28. The number of nitrogens with zero attached hydrogens (tertiary/aromatic N) is 1. The zero-order valence-corrected chi connectivity index (χ0v) is 12.9. The number of aliphatic imine (C=N–C) groups is 1. The van der Waals surface area contributed by atoms with E-state index in [1.165, 1.54) is 0 Å². The van der Waals surface area contributed by atoms with Gasteiger partial charge in [-0.25, -0.2) is 9.79 Å². The normalized spacial score (nSPS) is 13.4. The summed E-state index contributed by atoms with van der Waals surface area (Å²) in [6.07, 6.45) is 0. The van der Waals surface area contributed by atoms with Crippen molar-refractivity contribution in [3.05, 3.63) is 69.6 Å². The Kier molecular flexibility index (Phi) is 3.05. The van der Waals surface area contributed by atoms with Gasteiger partial charge in [0.15, 0.2) is 5.58 Å². The fourth-order valence-corrected chi connectivity index (χ4v) is 2.79. The lowest BCUT2D eigenvalue weighted by Crippen LogP contribution is -2.16. The summed E-state index contributed by atoms with van der Waals surface area (Å²) in [5.74, 6) is 0.642. The van der Waals surface area contributed by atoms with Gasteiger partial charge in [-0.3, -0.25) is 0 Å². The molecule has 0 spiro atoms. The minimum absolute atomic E-state index is 0.328. The molecule has 1 aliphatic heterocycles. The van der Waals surface area contributed by atoms with Crippen LogP contribution in [0.1, 0.15) is 16.7 Å². The molecule has 0 N–H and O–H groups in total. The molecule has 1 aromatic heterocycles. The van der Waals surface area contributed by atoms with E-state index in [-0.39, 0.29) is 5.63 Å². The van der Waals surface area contributed by atoms with Crippen molar-refractivity contribution >= 4 is 22.4 Å². The van der Waals surface area contributed by atoms with E-state index in [1.807, 2.05) is 49.4 Å². The Labute approximate surface area is 133 Å². The van der Waals surface area contributed by atoms with E-state index in [0.717, 1.165) is 22.2 Å². The Balaban J connectivity index is 2.00. The van der Waals surface area contributed by atoms with E-state index in [0.29, 0.717) is 29.2 Å². The Morgan fingerprint density at radius 3 is 2.57 bits per heavy atom. The summed E-state index contributed by atoms with van der Waals surface area (Å²) in [6.45, 7) is 4.10. The standard InChI is InChI=1S/C19H15NO3/c1-11-12(2)19(21)23-18-14(11)8-9-16-17(18)20-15(10-22-16)13-6-4-3-5-7-13/h3-9H,10H2,1-2H3. The van der Waals surface area contributed by atoms with E-state index >= 15 is 0 Å². The molecule has 3 aromatic rings. The van der Waals surface area contributed by atoms with E-state index in [1.54, 1.807) is 6.92 Å². The van der Waals surface area contributed by atoms with Gasteiger partial charge in [-0.1, -0.05) is 30.3 Å². The van der Waals surface area contributed by atoms with Crippen LogP contribution in [-0.2, 0) is 0 Å². The molecule has 0 radical (unpaired) electrons. The third kappa shape index (κ3) is 2.14. The summed E-state index contributed by atoms with van der Waals surface area (Å²) in [5, 5.41) is 0.891. The van der Waals surface area contributed by atoms with Crippen molar-refractivity contribution in [2.45, 2.75) is 13.8 Å². The van der Waals surface area contributed by atoms with Crippen LogP contribution in [0.5, 0.6) is 5.75 Å². The quantitative estimate of drug-likeness (QED) is 0.640. The van der Waals surface area contributed by atoms with E-state index in [4.69, 9.17) is 14.1 Å². The molecule has 2 heterocycles. The topological polar surface area (TPSA) is 51.8 Å². The molecule has 0 bridgehead atoms. The first-order chi connectivity index (χ1) is 11.1.